The van der Waals surface area contributed by atoms with Gasteiger partial charge >= 0.3 is 17.9 Å². The van der Waals surface area contributed by atoms with Crippen molar-refractivity contribution >= 4 is 74.8 Å². The van der Waals surface area contributed by atoms with Crippen molar-refractivity contribution in [2.24, 2.45) is 5.41 Å². The van der Waals surface area contributed by atoms with Gasteiger partial charge in [0.1, 0.15) is 19.8 Å². The molecule has 0 saturated carbocycles. The van der Waals surface area contributed by atoms with Crippen LogP contribution >= 0.6 is 23.8 Å². The summed E-state index contributed by atoms with van der Waals surface area (Å²) in [7, 11) is -6.47. The molecule has 0 unspecified atom stereocenters. The molecule has 0 bridgehead atoms. The maximum Gasteiger partial charge on any atom is 0.306 e. The predicted octanol–water partition coefficient (Wildman–Crippen LogP) is 17.2. The molecule has 12 nitrogen and oxygen atoms in total. The second kappa shape index (κ2) is 30.9. The lowest BCUT2D eigenvalue weighted by Gasteiger charge is -2.31. The van der Waals surface area contributed by atoms with Gasteiger partial charge in [0.05, 0.1) is 24.7 Å². The maximum atomic E-state index is 14.8. The van der Waals surface area contributed by atoms with Crippen LogP contribution in [0.3, 0.4) is 0 Å². The van der Waals surface area contributed by atoms with Crippen molar-refractivity contribution < 1.29 is 57.4 Å². The molecule has 6 rings (SSSR count). The number of rotatable bonds is 28. The smallest absolute Gasteiger partial charge is 0.306 e. The van der Waals surface area contributed by atoms with E-state index < -0.39 is 66.9 Å². The molecule has 0 aliphatic heterocycles. The summed E-state index contributed by atoms with van der Waals surface area (Å²) < 4.78 is 18.1. The van der Waals surface area contributed by atoms with E-state index in [9.17, 15) is 43.2 Å². The molecule has 0 N–H and O–H groups in total. The standard InChI is InChI=1S/C75H89O12P3/c1-20-75(39-85-60(76)21-24-88(69(79)63-48(8)27-42(2)28-49(63)9)70(80)64-50(10)29-43(3)30-51(64)11,40-86-61(77)22-25-89(71(81)65-52(12)31-44(4)32-53(65)13)72(82)66-54(14)33-45(5)34-55(66)15)41-87-62(78)23-26-90(73(83)67-56(16)35-46(6)36-57(67)17)74(84)68-58(18)37-47(7)38-59(68)19/h27-38H,20-26,39-41H2,1-19H3. The van der Waals surface area contributed by atoms with Crippen LogP contribution in [-0.4, -0.2) is 89.4 Å². The molecule has 476 valence electrons. The van der Waals surface area contributed by atoms with Crippen molar-refractivity contribution in [1.82, 2.24) is 0 Å². The fraction of sp³-hybridized carbons (Fsp3) is 0.400. The Bertz CT molecular complexity index is 3130. The van der Waals surface area contributed by atoms with Gasteiger partial charge in [0.2, 0.25) is 0 Å². The third kappa shape index (κ3) is 17.3. The molecule has 0 amide bonds. The first-order valence-corrected chi connectivity index (χ1v) is 35.3. The summed E-state index contributed by atoms with van der Waals surface area (Å²) in [5.74, 6) is -2.24. The number of carbonyl (C=O) groups excluding carboxylic acids is 9. The zero-order valence-electron chi connectivity index (χ0n) is 56.2. The number of carbonyl (C=O) groups is 9. The second-order valence-electron chi connectivity index (χ2n) is 25.0. The zero-order valence-corrected chi connectivity index (χ0v) is 58.9. The average Bonchev–Trinajstić information content (AvgIpc) is 1.24. The van der Waals surface area contributed by atoms with Gasteiger partial charge in [0.25, 0.3) is 0 Å². The Labute approximate surface area is 536 Å². The molecule has 0 spiro atoms. The highest BCUT2D eigenvalue weighted by Gasteiger charge is 2.39. The molecule has 0 fully saturated rings. The number of benzene rings is 6. The summed E-state index contributed by atoms with van der Waals surface area (Å²) in [6.45, 7) is 34.1. The molecule has 15 heteroatoms. The lowest BCUT2D eigenvalue weighted by Crippen LogP contribution is -2.39. The Morgan fingerprint density at radius 1 is 0.278 bits per heavy atom. The first kappa shape index (κ1) is 72.1. The van der Waals surface area contributed by atoms with Crippen LogP contribution in [0.2, 0.25) is 0 Å². The van der Waals surface area contributed by atoms with E-state index in [-0.39, 0.29) is 77.3 Å². The number of hydrogen-bond donors (Lipinski definition) is 0. The monoisotopic (exact) mass is 1270 g/mol. The fourth-order valence-electron chi connectivity index (χ4n) is 12.8. The molecule has 0 radical (unpaired) electrons. The summed E-state index contributed by atoms with van der Waals surface area (Å²) >= 11 is 0. The van der Waals surface area contributed by atoms with E-state index >= 15 is 0 Å². The maximum absolute atomic E-state index is 14.8. The number of esters is 3. The third-order valence-corrected chi connectivity index (χ3v) is 23.1. The van der Waals surface area contributed by atoms with E-state index in [0.29, 0.717) is 33.4 Å². The Kier molecular flexibility index (Phi) is 24.8. The normalized spacial score (nSPS) is 11.5. The van der Waals surface area contributed by atoms with Crippen LogP contribution in [-0.2, 0) is 28.6 Å². The van der Waals surface area contributed by atoms with Gasteiger partial charge in [0, 0.05) is 57.1 Å². The molecule has 6 aromatic carbocycles. The van der Waals surface area contributed by atoms with Gasteiger partial charge < -0.3 is 14.2 Å². The first-order chi connectivity index (χ1) is 42.2. The molecule has 6 aromatic rings. The van der Waals surface area contributed by atoms with Crippen molar-refractivity contribution in [2.75, 3.05) is 38.3 Å². The van der Waals surface area contributed by atoms with Crippen molar-refractivity contribution in [3.8, 4) is 0 Å². The number of hydrogen-bond acceptors (Lipinski definition) is 12. The first-order valence-electron chi connectivity index (χ1n) is 30.7. The quantitative estimate of drug-likeness (QED) is 0.0258. The van der Waals surface area contributed by atoms with Gasteiger partial charge in [-0.15, -0.1) is 0 Å². The Hall–Kier alpha value is -6.96. The zero-order chi connectivity index (χ0) is 67.0. The van der Waals surface area contributed by atoms with E-state index in [1.165, 1.54) is 0 Å². The molecule has 0 heterocycles. The largest absolute Gasteiger partial charge is 0.465 e. The van der Waals surface area contributed by atoms with Gasteiger partial charge in [-0.25, -0.2) is 0 Å². The molecule has 0 aromatic heterocycles. The molecule has 0 aliphatic carbocycles. The highest BCUT2D eigenvalue weighted by molar-refractivity contribution is 7.91. The molecule has 0 atom stereocenters. The van der Waals surface area contributed by atoms with Crippen molar-refractivity contribution in [1.29, 1.82) is 0 Å². The van der Waals surface area contributed by atoms with Crippen LogP contribution in [0.4, 0.5) is 0 Å². The summed E-state index contributed by atoms with van der Waals surface area (Å²) in [6, 6.07) is 22.8. The fourth-order valence-corrected chi connectivity index (χ4v) is 19.5. The third-order valence-electron chi connectivity index (χ3n) is 16.8. The van der Waals surface area contributed by atoms with E-state index in [0.717, 1.165) is 100 Å². The van der Waals surface area contributed by atoms with Gasteiger partial charge in [-0.3, -0.25) is 43.2 Å². The number of aryl methyl sites for hydroxylation is 18. The van der Waals surface area contributed by atoms with Crippen molar-refractivity contribution in [3.05, 3.63) is 206 Å². The van der Waals surface area contributed by atoms with Crippen LogP contribution in [0.15, 0.2) is 72.8 Å². The number of ether oxygens (including phenoxy) is 3. The van der Waals surface area contributed by atoms with Crippen molar-refractivity contribution in [2.45, 2.75) is 157 Å². The predicted molar refractivity (Wildman–Crippen MR) is 365 cm³/mol. The summed E-state index contributed by atoms with van der Waals surface area (Å²) in [5.41, 5.74) is 13.6. The highest BCUT2D eigenvalue weighted by atomic mass is 31.1. The second-order valence-corrected chi connectivity index (χ2v) is 31.4. The van der Waals surface area contributed by atoms with Gasteiger partial charge in [-0.05, 0) is 216 Å². The van der Waals surface area contributed by atoms with Gasteiger partial charge in [0.15, 0.2) is 33.1 Å². The van der Waals surface area contributed by atoms with E-state index in [1.807, 2.05) is 197 Å². The van der Waals surface area contributed by atoms with E-state index in [1.54, 1.807) is 6.92 Å². The highest BCUT2D eigenvalue weighted by Crippen LogP contribution is 2.50. The van der Waals surface area contributed by atoms with E-state index in [2.05, 4.69) is 0 Å². The molecule has 90 heavy (non-hydrogen) atoms. The Morgan fingerprint density at radius 3 is 0.556 bits per heavy atom. The minimum absolute atomic E-state index is 0.123. The van der Waals surface area contributed by atoms with Gasteiger partial charge in [-0.1, -0.05) is 113 Å². The van der Waals surface area contributed by atoms with Crippen LogP contribution in [0.5, 0.6) is 0 Å². The lowest BCUT2D eigenvalue weighted by molar-refractivity contribution is -0.161. The minimum atomic E-state index is -2.16. The average molecular weight is 1280 g/mol. The Balaban J connectivity index is 1.30. The van der Waals surface area contributed by atoms with Crippen LogP contribution in [0.1, 0.15) is 195 Å². The molecular formula is C75H89O12P3. The lowest BCUT2D eigenvalue weighted by atomic mass is 9.88. The topological polar surface area (TPSA) is 181 Å². The van der Waals surface area contributed by atoms with Crippen LogP contribution in [0.25, 0.3) is 0 Å². The van der Waals surface area contributed by atoms with Crippen LogP contribution < -0.4 is 0 Å². The van der Waals surface area contributed by atoms with Crippen molar-refractivity contribution in [3.63, 3.8) is 0 Å². The minimum Gasteiger partial charge on any atom is -0.465 e. The van der Waals surface area contributed by atoms with Crippen LogP contribution in [0, 0.1) is 130 Å². The SMILES string of the molecule is CCC(COC(=O)CCP(C(=O)c1c(C)cc(C)cc1C)C(=O)c1c(C)cc(C)cc1C)(COC(=O)CCP(C(=O)c1c(C)cc(C)cc1C)C(=O)c1c(C)cc(C)cc1C)COC(=O)CCP(C(=O)c1c(C)cc(C)cc1C)C(=O)c1c(C)cc(C)cc1C. The summed E-state index contributed by atoms with van der Waals surface area (Å²) in [5, 5.41) is 0. The summed E-state index contributed by atoms with van der Waals surface area (Å²) in [6.07, 6.45) is -1.22. The van der Waals surface area contributed by atoms with E-state index in [4.69, 9.17) is 14.2 Å². The molecular weight excluding hydrogens is 1190 g/mol. The molecule has 0 saturated heterocycles. The Morgan fingerprint density at radius 2 is 0.422 bits per heavy atom. The molecule has 0 aliphatic rings. The van der Waals surface area contributed by atoms with Gasteiger partial charge in [-0.2, -0.15) is 0 Å². The summed E-state index contributed by atoms with van der Waals surface area (Å²) in [4.78, 5) is 131.